The summed E-state index contributed by atoms with van der Waals surface area (Å²) in [4.78, 5) is 39.9. The second kappa shape index (κ2) is 12.8. The van der Waals surface area contributed by atoms with Crippen LogP contribution in [0.4, 0.5) is 4.39 Å². The van der Waals surface area contributed by atoms with Crippen LogP contribution in [-0.2, 0) is 23.4 Å². The fourth-order valence-electron chi connectivity index (χ4n) is 3.39. The predicted octanol–water partition coefficient (Wildman–Crippen LogP) is 2.43. The third kappa shape index (κ3) is 7.69. The van der Waals surface area contributed by atoms with E-state index in [4.69, 9.17) is 18.5 Å². The molecule has 2 heterocycles. The maximum atomic E-state index is 13.5. The summed E-state index contributed by atoms with van der Waals surface area (Å²) in [6.45, 7) is 2.62. The van der Waals surface area contributed by atoms with E-state index in [2.05, 4.69) is 26.0 Å². The molecule has 202 valence electrons. The number of esters is 1. The monoisotopic (exact) mass is 605 g/mol. The molecule has 1 aliphatic rings. The van der Waals surface area contributed by atoms with Gasteiger partial charge in [-0.05, 0) is 49.2 Å². The molecular weight excluding hydrogens is 580 g/mol. The van der Waals surface area contributed by atoms with Crippen molar-refractivity contribution in [3.8, 4) is 5.75 Å². The van der Waals surface area contributed by atoms with Crippen LogP contribution in [0, 0.1) is 5.82 Å². The second-order valence-electron chi connectivity index (χ2n) is 7.92. The number of halogens is 2. The van der Waals surface area contributed by atoms with Gasteiger partial charge in [0.1, 0.15) is 29.9 Å². The molecule has 0 aliphatic carbocycles. The molecule has 1 aliphatic heterocycles. The van der Waals surface area contributed by atoms with Gasteiger partial charge in [-0.3, -0.25) is 23.7 Å². The first-order valence-electron chi connectivity index (χ1n) is 11.1. The minimum Gasteiger partial charge on any atom is -0.465 e. The zero-order valence-electron chi connectivity index (χ0n) is 19.8. The van der Waals surface area contributed by atoms with Gasteiger partial charge in [0.2, 0.25) is 0 Å². The average Bonchev–Trinajstić information content (AvgIpc) is 3.21. The van der Waals surface area contributed by atoms with Crippen LogP contribution in [0.1, 0.15) is 32.1 Å². The topological polar surface area (TPSA) is 158 Å². The standard InChI is InChI=1S/C22H26BrFN3O9P/c1-3-33-21(30)13(2)26-37(32,36-16-6-4-15(24)5-7-16)34-12-18-17(28)10-19(35-18)27-11-14(8-9-23)20(29)25-22(27)31/h4-9,11,13,17-19,28H,3,10,12H2,1-2H3,(H,26,32)(H,25,29,31)/b9-8+/t13-,17-,18+,19+,37?/m0/s1. The molecule has 37 heavy (non-hydrogen) atoms. The maximum Gasteiger partial charge on any atom is 0.459 e. The van der Waals surface area contributed by atoms with Crippen molar-refractivity contribution in [1.29, 1.82) is 0 Å². The molecule has 0 amide bonds. The number of carbonyl (C=O) groups excluding carboxylic acids is 1. The van der Waals surface area contributed by atoms with Crippen molar-refractivity contribution in [2.75, 3.05) is 13.2 Å². The van der Waals surface area contributed by atoms with Gasteiger partial charge in [-0.1, -0.05) is 15.9 Å². The summed E-state index contributed by atoms with van der Waals surface area (Å²) in [7, 11) is -4.29. The van der Waals surface area contributed by atoms with Crippen molar-refractivity contribution in [2.45, 2.75) is 44.7 Å². The Morgan fingerprint density at radius 3 is 2.76 bits per heavy atom. The number of aromatic nitrogens is 2. The second-order valence-corrected chi connectivity index (χ2v) is 10.1. The Balaban J connectivity index is 1.76. The van der Waals surface area contributed by atoms with E-state index in [0.717, 1.165) is 16.7 Å². The zero-order chi connectivity index (χ0) is 27.2. The van der Waals surface area contributed by atoms with Crippen molar-refractivity contribution in [3.05, 3.63) is 67.7 Å². The van der Waals surface area contributed by atoms with Gasteiger partial charge in [0.05, 0.1) is 24.9 Å². The van der Waals surface area contributed by atoms with E-state index in [1.165, 1.54) is 36.3 Å². The number of benzene rings is 1. The lowest BCUT2D eigenvalue weighted by Crippen LogP contribution is -2.36. The number of aliphatic hydroxyl groups is 1. The van der Waals surface area contributed by atoms with Gasteiger partial charge < -0.3 is 19.1 Å². The van der Waals surface area contributed by atoms with Gasteiger partial charge in [0, 0.05) is 12.6 Å². The quantitative estimate of drug-likeness (QED) is 0.256. The molecule has 12 nitrogen and oxygen atoms in total. The molecule has 0 bridgehead atoms. The van der Waals surface area contributed by atoms with E-state index in [1.54, 1.807) is 6.92 Å². The average molecular weight is 606 g/mol. The van der Waals surface area contributed by atoms with Crippen molar-refractivity contribution in [2.24, 2.45) is 0 Å². The first-order chi connectivity index (χ1) is 17.5. The van der Waals surface area contributed by atoms with Crippen LogP contribution in [0.5, 0.6) is 5.75 Å². The largest absolute Gasteiger partial charge is 0.465 e. The van der Waals surface area contributed by atoms with Crippen molar-refractivity contribution in [3.63, 3.8) is 0 Å². The van der Waals surface area contributed by atoms with Gasteiger partial charge in [-0.15, -0.1) is 0 Å². The Bertz CT molecular complexity index is 1280. The predicted molar refractivity (Wildman–Crippen MR) is 134 cm³/mol. The van der Waals surface area contributed by atoms with Crippen molar-refractivity contribution < 1.29 is 37.4 Å². The molecule has 0 saturated carbocycles. The lowest BCUT2D eigenvalue weighted by atomic mass is 10.2. The van der Waals surface area contributed by atoms with E-state index in [-0.39, 0.29) is 24.3 Å². The van der Waals surface area contributed by atoms with Crippen molar-refractivity contribution in [1.82, 2.24) is 14.6 Å². The Morgan fingerprint density at radius 1 is 1.41 bits per heavy atom. The highest BCUT2D eigenvalue weighted by atomic mass is 79.9. The Hall–Kier alpha value is -2.61. The molecule has 15 heteroatoms. The first-order valence-corrected chi connectivity index (χ1v) is 13.6. The van der Waals surface area contributed by atoms with Crippen LogP contribution < -0.4 is 20.9 Å². The van der Waals surface area contributed by atoms with Crippen LogP contribution in [0.25, 0.3) is 6.08 Å². The molecule has 0 spiro atoms. The molecule has 2 aromatic rings. The summed E-state index contributed by atoms with van der Waals surface area (Å²) in [6.07, 6.45) is -0.471. The summed E-state index contributed by atoms with van der Waals surface area (Å²) in [5, 5.41) is 13.0. The van der Waals surface area contributed by atoms with E-state index in [1.807, 2.05) is 0 Å². The smallest absolute Gasteiger partial charge is 0.459 e. The van der Waals surface area contributed by atoms with E-state index in [0.29, 0.717) is 0 Å². The van der Waals surface area contributed by atoms with Gasteiger partial charge in [-0.25, -0.2) is 13.8 Å². The molecule has 1 unspecified atom stereocenters. The van der Waals surface area contributed by atoms with E-state index < -0.39 is 61.9 Å². The summed E-state index contributed by atoms with van der Waals surface area (Å²) < 4.78 is 49.5. The molecule has 0 radical (unpaired) electrons. The van der Waals surface area contributed by atoms with Crippen LogP contribution >= 0.6 is 23.7 Å². The Labute approximate surface area is 219 Å². The Kier molecular flexibility index (Phi) is 9.99. The van der Waals surface area contributed by atoms with Gasteiger partial charge in [0.15, 0.2) is 0 Å². The van der Waals surface area contributed by atoms with E-state index in [9.17, 15) is 28.4 Å². The number of hydrogen-bond donors (Lipinski definition) is 3. The minimum atomic E-state index is -4.29. The molecule has 1 fully saturated rings. The number of nitrogens with one attached hydrogen (secondary N) is 2. The Morgan fingerprint density at radius 2 is 2.11 bits per heavy atom. The number of aliphatic hydroxyl groups excluding tert-OH is 1. The van der Waals surface area contributed by atoms with Crippen LogP contribution in [0.3, 0.4) is 0 Å². The third-order valence-electron chi connectivity index (χ3n) is 5.19. The fraction of sp³-hybridized carbons (Fsp3) is 0.409. The number of hydrogen-bond acceptors (Lipinski definition) is 9. The lowest BCUT2D eigenvalue weighted by Gasteiger charge is -2.24. The third-order valence-corrected chi connectivity index (χ3v) is 7.10. The summed E-state index contributed by atoms with van der Waals surface area (Å²) in [5.41, 5.74) is -1.18. The van der Waals surface area contributed by atoms with Crippen LogP contribution in [0.2, 0.25) is 0 Å². The number of aromatic amines is 1. The highest BCUT2D eigenvalue weighted by molar-refractivity contribution is 9.11. The zero-order valence-corrected chi connectivity index (χ0v) is 22.3. The molecule has 1 saturated heterocycles. The SMILES string of the molecule is CCOC(=O)[C@H](C)NP(=O)(OC[C@H]1O[C@@H](n2cc(/C=C/Br)c(=O)[nH]c2=O)C[C@@H]1O)Oc1ccc(F)cc1. The number of H-pyrrole nitrogens is 1. The molecular formula is C22H26BrFN3O9P. The lowest BCUT2D eigenvalue weighted by molar-refractivity contribution is -0.144. The highest BCUT2D eigenvalue weighted by Crippen LogP contribution is 2.46. The number of carbonyl (C=O) groups is 1. The first kappa shape index (κ1) is 29.0. The summed E-state index contributed by atoms with van der Waals surface area (Å²) in [5.74, 6) is -1.26. The normalized spacial score (nSPS) is 22.0. The van der Waals surface area contributed by atoms with Gasteiger partial charge >= 0.3 is 19.4 Å². The maximum absolute atomic E-state index is 13.5. The molecule has 3 N–H and O–H groups in total. The molecule has 3 rings (SSSR count). The fourth-order valence-corrected chi connectivity index (χ4v) is 5.18. The van der Waals surface area contributed by atoms with Crippen molar-refractivity contribution >= 4 is 35.7 Å². The number of ether oxygens (including phenoxy) is 2. The summed E-state index contributed by atoms with van der Waals surface area (Å²) in [6, 6.07) is 3.52. The van der Waals surface area contributed by atoms with Crippen LogP contribution in [0.15, 0.2) is 45.0 Å². The molecule has 5 atom stereocenters. The van der Waals surface area contributed by atoms with Gasteiger partial charge in [-0.2, -0.15) is 5.09 Å². The minimum absolute atomic E-state index is 0.00812. The van der Waals surface area contributed by atoms with Crippen LogP contribution in [-0.4, -0.2) is 52.1 Å². The summed E-state index contributed by atoms with van der Waals surface area (Å²) >= 11 is 3.07. The molecule has 1 aromatic heterocycles. The van der Waals surface area contributed by atoms with Gasteiger partial charge in [0.25, 0.3) is 5.56 Å². The number of rotatable bonds is 11. The highest BCUT2D eigenvalue weighted by Gasteiger charge is 2.39. The van der Waals surface area contributed by atoms with E-state index >= 15 is 0 Å². The molecule has 1 aromatic carbocycles. The number of nitrogens with zero attached hydrogens (tertiary/aromatic N) is 1.